The maximum absolute atomic E-state index is 13.0. The van der Waals surface area contributed by atoms with E-state index >= 15 is 0 Å². The summed E-state index contributed by atoms with van der Waals surface area (Å²) in [6.07, 6.45) is -7.03. The van der Waals surface area contributed by atoms with Crippen LogP contribution in [0.2, 0.25) is 5.02 Å². The van der Waals surface area contributed by atoms with Crippen molar-refractivity contribution in [3.63, 3.8) is 0 Å². The highest BCUT2D eigenvalue weighted by Gasteiger charge is 2.35. The Balaban J connectivity index is 1.83. The molecule has 1 unspecified atom stereocenters. The Hall–Kier alpha value is -2.16. The zero-order chi connectivity index (χ0) is 20.5. The van der Waals surface area contributed by atoms with Crippen molar-refractivity contribution >= 4 is 17.4 Å². The van der Waals surface area contributed by atoms with Gasteiger partial charge in [0.05, 0.1) is 16.1 Å². The molecular formula is C18H15ClF6N2O. The van der Waals surface area contributed by atoms with Gasteiger partial charge in [0, 0.05) is 19.2 Å². The Morgan fingerprint density at radius 3 is 2.36 bits per heavy atom. The first-order valence-electron chi connectivity index (χ1n) is 8.39. The summed E-state index contributed by atoms with van der Waals surface area (Å²) in [5.41, 5.74) is -1.89. The third kappa shape index (κ3) is 4.63. The lowest BCUT2D eigenvalue weighted by Crippen LogP contribution is -2.43. The number of nitrogens with zero attached hydrogens (tertiary/aromatic N) is 2. The van der Waals surface area contributed by atoms with Gasteiger partial charge in [0.15, 0.2) is 6.23 Å². The SMILES string of the molecule is FC(F)(F)c1ccc(N2CCCCC2Oc2ccc(Cl)c(C(F)(F)F)c2)nc1. The van der Waals surface area contributed by atoms with Crippen LogP contribution in [-0.2, 0) is 12.4 Å². The molecule has 1 fully saturated rings. The Labute approximate surface area is 161 Å². The smallest absolute Gasteiger partial charge is 0.417 e. The number of hydrogen-bond acceptors (Lipinski definition) is 3. The van der Waals surface area contributed by atoms with Crippen LogP contribution in [0.4, 0.5) is 32.2 Å². The zero-order valence-electron chi connectivity index (χ0n) is 14.3. The average Bonchev–Trinajstić information content (AvgIpc) is 2.62. The van der Waals surface area contributed by atoms with Crippen molar-refractivity contribution in [1.29, 1.82) is 0 Å². The number of aromatic nitrogens is 1. The van der Waals surface area contributed by atoms with Crippen LogP contribution in [-0.4, -0.2) is 17.8 Å². The standard InChI is InChI=1S/C18H15ClF6N2O/c19-14-6-5-12(9-13(14)18(23,24)25)28-16-3-1-2-8-27(16)15-7-4-11(10-26-15)17(20,21)22/h4-7,9-10,16H,1-3,8H2. The van der Waals surface area contributed by atoms with Gasteiger partial charge in [-0.25, -0.2) is 4.98 Å². The lowest BCUT2D eigenvalue weighted by Gasteiger charge is -2.36. The summed E-state index contributed by atoms with van der Waals surface area (Å²) in [6.45, 7) is 0.461. The largest absolute Gasteiger partial charge is 0.470 e. The van der Waals surface area contributed by atoms with Crippen molar-refractivity contribution < 1.29 is 31.1 Å². The molecule has 0 bridgehead atoms. The highest BCUT2D eigenvalue weighted by Crippen LogP contribution is 2.37. The van der Waals surface area contributed by atoms with Crippen LogP contribution in [0.1, 0.15) is 30.4 Å². The van der Waals surface area contributed by atoms with E-state index in [1.54, 1.807) is 4.90 Å². The van der Waals surface area contributed by atoms with E-state index in [0.29, 0.717) is 13.0 Å². The Morgan fingerprint density at radius 1 is 1.00 bits per heavy atom. The van der Waals surface area contributed by atoms with Crippen molar-refractivity contribution in [2.75, 3.05) is 11.4 Å². The molecule has 1 aliphatic rings. The summed E-state index contributed by atoms with van der Waals surface area (Å²) in [7, 11) is 0. The van der Waals surface area contributed by atoms with Crippen LogP contribution in [0.5, 0.6) is 5.75 Å². The normalized spacial score (nSPS) is 18.2. The van der Waals surface area contributed by atoms with Crippen LogP contribution in [0.3, 0.4) is 0 Å². The van der Waals surface area contributed by atoms with Crippen molar-refractivity contribution in [1.82, 2.24) is 4.98 Å². The molecule has 0 aliphatic carbocycles. The molecule has 1 aliphatic heterocycles. The van der Waals surface area contributed by atoms with E-state index in [-0.39, 0.29) is 11.6 Å². The fraction of sp³-hybridized carbons (Fsp3) is 0.389. The van der Waals surface area contributed by atoms with Gasteiger partial charge in [-0.05, 0) is 43.2 Å². The molecule has 0 radical (unpaired) electrons. The Kier molecular flexibility index (Phi) is 5.65. The quantitative estimate of drug-likeness (QED) is 0.551. The number of rotatable bonds is 3. The predicted octanol–water partition coefficient (Wildman–Crippen LogP) is 6.17. The van der Waals surface area contributed by atoms with E-state index in [0.717, 1.165) is 37.2 Å². The monoisotopic (exact) mass is 424 g/mol. The maximum atomic E-state index is 13.0. The first kappa shape index (κ1) is 20.6. The molecular weight excluding hydrogens is 410 g/mol. The molecule has 0 saturated carbocycles. The Bertz CT molecular complexity index is 822. The number of anilines is 1. The number of pyridine rings is 1. The molecule has 1 aromatic heterocycles. The van der Waals surface area contributed by atoms with Crippen molar-refractivity contribution in [3.8, 4) is 5.75 Å². The highest BCUT2D eigenvalue weighted by atomic mass is 35.5. The third-order valence-electron chi connectivity index (χ3n) is 4.33. The second-order valence-electron chi connectivity index (χ2n) is 6.30. The molecule has 1 saturated heterocycles. The molecule has 3 rings (SSSR count). The van der Waals surface area contributed by atoms with Crippen molar-refractivity contribution in [2.24, 2.45) is 0 Å². The molecule has 152 valence electrons. The first-order valence-corrected chi connectivity index (χ1v) is 8.77. The van der Waals surface area contributed by atoms with Crippen molar-refractivity contribution in [2.45, 2.75) is 37.8 Å². The number of alkyl halides is 6. The van der Waals surface area contributed by atoms with Gasteiger partial charge in [-0.15, -0.1) is 0 Å². The minimum atomic E-state index is -4.63. The summed E-state index contributed by atoms with van der Waals surface area (Å²) in [5, 5.41) is -0.440. The molecule has 2 aromatic rings. The molecule has 0 amide bonds. The highest BCUT2D eigenvalue weighted by molar-refractivity contribution is 6.31. The zero-order valence-corrected chi connectivity index (χ0v) is 15.1. The third-order valence-corrected chi connectivity index (χ3v) is 4.66. The summed E-state index contributed by atoms with van der Waals surface area (Å²) < 4.78 is 82.9. The molecule has 3 nitrogen and oxygen atoms in total. The minimum Gasteiger partial charge on any atom is -0.470 e. The molecule has 28 heavy (non-hydrogen) atoms. The van der Waals surface area contributed by atoms with E-state index in [2.05, 4.69) is 4.98 Å². The summed E-state index contributed by atoms with van der Waals surface area (Å²) in [6, 6.07) is 5.38. The molecule has 1 aromatic carbocycles. The topological polar surface area (TPSA) is 25.4 Å². The first-order chi connectivity index (χ1) is 13.1. The van der Waals surface area contributed by atoms with Crippen LogP contribution >= 0.6 is 11.6 Å². The van der Waals surface area contributed by atoms with Crippen LogP contribution in [0.15, 0.2) is 36.5 Å². The van der Waals surface area contributed by atoms with Gasteiger partial charge in [-0.3, -0.25) is 0 Å². The number of piperidine rings is 1. The van der Waals surface area contributed by atoms with E-state index in [4.69, 9.17) is 16.3 Å². The van der Waals surface area contributed by atoms with Gasteiger partial charge < -0.3 is 9.64 Å². The second kappa shape index (κ2) is 7.69. The fourth-order valence-electron chi connectivity index (χ4n) is 2.96. The van der Waals surface area contributed by atoms with Crippen molar-refractivity contribution in [3.05, 3.63) is 52.7 Å². The fourth-order valence-corrected chi connectivity index (χ4v) is 3.19. The van der Waals surface area contributed by atoms with Gasteiger partial charge in [-0.2, -0.15) is 26.3 Å². The minimum absolute atomic E-state index is 0.0273. The number of halogens is 7. The molecule has 1 atom stereocenters. The van der Waals surface area contributed by atoms with E-state index in [1.807, 2.05) is 0 Å². The molecule has 0 N–H and O–H groups in total. The van der Waals surface area contributed by atoms with E-state index in [9.17, 15) is 26.3 Å². The summed E-state index contributed by atoms with van der Waals surface area (Å²) in [5.74, 6) is 0.239. The van der Waals surface area contributed by atoms with E-state index < -0.39 is 34.7 Å². The maximum Gasteiger partial charge on any atom is 0.417 e. The Morgan fingerprint density at radius 2 is 1.75 bits per heavy atom. The van der Waals surface area contributed by atoms with Gasteiger partial charge >= 0.3 is 12.4 Å². The molecule has 2 heterocycles. The summed E-state index contributed by atoms with van der Waals surface area (Å²) in [4.78, 5) is 5.50. The molecule has 10 heteroatoms. The van der Waals surface area contributed by atoms with E-state index in [1.165, 1.54) is 12.1 Å². The van der Waals surface area contributed by atoms with Crippen LogP contribution < -0.4 is 9.64 Å². The van der Waals surface area contributed by atoms with Crippen LogP contribution in [0.25, 0.3) is 0 Å². The second-order valence-corrected chi connectivity index (χ2v) is 6.71. The summed E-state index contributed by atoms with van der Waals surface area (Å²) >= 11 is 5.61. The van der Waals surface area contributed by atoms with Gasteiger partial charge in [0.1, 0.15) is 11.6 Å². The predicted molar refractivity (Wildman–Crippen MR) is 91.3 cm³/mol. The lowest BCUT2D eigenvalue weighted by atomic mass is 10.1. The van der Waals surface area contributed by atoms with Crippen LogP contribution in [0, 0.1) is 0 Å². The average molecular weight is 425 g/mol. The molecule has 0 spiro atoms. The number of benzene rings is 1. The number of hydrogen-bond donors (Lipinski definition) is 0. The number of ether oxygens (including phenoxy) is 1. The van der Waals surface area contributed by atoms with Gasteiger partial charge in [0.2, 0.25) is 0 Å². The van der Waals surface area contributed by atoms with Gasteiger partial charge in [-0.1, -0.05) is 11.6 Å². The van der Waals surface area contributed by atoms with Gasteiger partial charge in [0.25, 0.3) is 0 Å². The lowest BCUT2D eigenvalue weighted by molar-refractivity contribution is -0.138.